The molecule has 0 atom stereocenters. The van der Waals surface area contributed by atoms with Gasteiger partial charge in [-0.15, -0.1) is 5.10 Å². The predicted octanol–water partition coefficient (Wildman–Crippen LogP) is 2.40. The second-order valence-corrected chi connectivity index (χ2v) is 5.30. The summed E-state index contributed by atoms with van der Waals surface area (Å²) in [6.45, 7) is 1.34. The van der Waals surface area contributed by atoms with E-state index in [1.165, 1.54) is 12.3 Å². The number of carbonyl (C=O) groups excluding carboxylic acids is 1. The van der Waals surface area contributed by atoms with Crippen LogP contribution in [0.4, 0.5) is 8.78 Å². The fourth-order valence-electron chi connectivity index (χ4n) is 2.14. The minimum Gasteiger partial charge on any atom is -0.290 e. The second kappa shape index (κ2) is 6.23. The van der Waals surface area contributed by atoms with Crippen molar-refractivity contribution < 1.29 is 13.6 Å². The first-order chi connectivity index (χ1) is 11.5. The maximum Gasteiger partial charge on any atom is 0.348 e. The van der Waals surface area contributed by atoms with Crippen LogP contribution in [0.3, 0.4) is 0 Å². The van der Waals surface area contributed by atoms with E-state index in [-0.39, 0.29) is 0 Å². The number of alkyl halides is 2. The summed E-state index contributed by atoms with van der Waals surface area (Å²) in [5.74, 6) is -5.04. The summed E-state index contributed by atoms with van der Waals surface area (Å²) in [4.78, 5) is 15.6. The van der Waals surface area contributed by atoms with Gasteiger partial charge in [-0.1, -0.05) is 35.9 Å². The molecule has 0 fully saturated rings. The van der Waals surface area contributed by atoms with Gasteiger partial charge in [-0.2, -0.15) is 8.78 Å². The van der Waals surface area contributed by atoms with Crippen LogP contribution in [-0.2, 0) is 17.3 Å². The van der Waals surface area contributed by atoms with Crippen molar-refractivity contribution in [1.29, 1.82) is 0 Å². The van der Waals surface area contributed by atoms with E-state index in [4.69, 9.17) is 0 Å². The molecule has 6 nitrogen and oxygen atoms in total. The Morgan fingerprint density at radius 1 is 1.12 bits per heavy atom. The molecule has 1 aromatic carbocycles. The first-order valence-electron chi connectivity index (χ1n) is 7.12. The monoisotopic (exact) mass is 329 g/mol. The number of aromatic nitrogens is 5. The molecular weight excluding hydrogens is 316 g/mol. The van der Waals surface area contributed by atoms with Gasteiger partial charge in [-0.3, -0.25) is 9.78 Å². The molecular formula is C16H13F2N5O. The zero-order chi connectivity index (χ0) is 17.2. The molecule has 0 N–H and O–H groups in total. The lowest BCUT2D eigenvalue weighted by Crippen LogP contribution is -2.30. The molecule has 3 rings (SSSR count). The maximum atomic E-state index is 14.2. The molecule has 8 heteroatoms. The number of aryl methyl sites for hydroxylation is 1. The number of tetrazole rings is 1. The van der Waals surface area contributed by atoms with Crippen LogP contribution in [-0.4, -0.2) is 31.0 Å². The van der Waals surface area contributed by atoms with E-state index in [0.717, 1.165) is 28.2 Å². The van der Waals surface area contributed by atoms with Crippen LogP contribution in [0.2, 0.25) is 0 Å². The predicted molar refractivity (Wildman–Crippen MR) is 81.1 cm³/mol. The third kappa shape index (κ3) is 3.17. The highest BCUT2D eigenvalue weighted by atomic mass is 19.3. The van der Waals surface area contributed by atoms with Gasteiger partial charge in [0.25, 0.3) is 0 Å². The second-order valence-electron chi connectivity index (χ2n) is 5.30. The summed E-state index contributed by atoms with van der Waals surface area (Å²) < 4.78 is 29.4. The Bertz CT molecular complexity index is 830. The number of Topliss-reactive ketones (excluding diaryl/α,β-unsaturated/α-hetero) is 1. The SMILES string of the molecule is Cc1ccc(-c2ccc(C(F)(F)C(=O)Cn3cnnn3)nc2)cc1. The minimum absolute atomic E-state index is 0.601. The first-order valence-corrected chi connectivity index (χ1v) is 7.12. The lowest BCUT2D eigenvalue weighted by atomic mass is 10.0. The van der Waals surface area contributed by atoms with Gasteiger partial charge < -0.3 is 0 Å². The van der Waals surface area contributed by atoms with Gasteiger partial charge in [0.1, 0.15) is 18.6 Å². The molecule has 0 bridgehead atoms. The topological polar surface area (TPSA) is 73.6 Å². The molecule has 0 aliphatic heterocycles. The summed E-state index contributed by atoms with van der Waals surface area (Å²) >= 11 is 0. The van der Waals surface area contributed by atoms with E-state index in [0.29, 0.717) is 5.56 Å². The lowest BCUT2D eigenvalue weighted by Gasteiger charge is -2.14. The van der Waals surface area contributed by atoms with Crippen LogP contribution in [0.5, 0.6) is 0 Å². The number of carbonyl (C=O) groups is 1. The van der Waals surface area contributed by atoms with Crippen molar-refractivity contribution in [2.75, 3.05) is 0 Å². The highest BCUT2D eigenvalue weighted by Gasteiger charge is 2.42. The van der Waals surface area contributed by atoms with Crippen LogP contribution in [0, 0.1) is 6.92 Å². The minimum atomic E-state index is -3.71. The standard InChI is InChI=1S/C16H13F2N5O/c1-11-2-4-12(5-3-11)13-6-7-14(19-8-13)16(17,18)15(24)9-23-10-20-21-22-23/h2-8,10H,9H2,1H3. The average molecular weight is 329 g/mol. The Morgan fingerprint density at radius 2 is 1.83 bits per heavy atom. The van der Waals surface area contributed by atoms with E-state index in [9.17, 15) is 13.6 Å². The van der Waals surface area contributed by atoms with Gasteiger partial charge >= 0.3 is 5.92 Å². The first kappa shape index (κ1) is 15.9. The van der Waals surface area contributed by atoms with Crippen molar-refractivity contribution >= 4 is 5.78 Å². The van der Waals surface area contributed by atoms with Crippen molar-refractivity contribution in [3.63, 3.8) is 0 Å². The van der Waals surface area contributed by atoms with E-state index in [1.807, 2.05) is 31.2 Å². The van der Waals surface area contributed by atoms with E-state index < -0.39 is 23.9 Å². The number of hydrogen-bond acceptors (Lipinski definition) is 5. The van der Waals surface area contributed by atoms with Crippen LogP contribution in [0.1, 0.15) is 11.3 Å². The van der Waals surface area contributed by atoms with Crippen molar-refractivity contribution in [2.24, 2.45) is 0 Å². The fourth-order valence-corrected chi connectivity index (χ4v) is 2.14. The summed E-state index contributed by atoms with van der Waals surface area (Å²) in [7, 11) is 0. The van der Waals surface area contributed by atoms with Crippen molar-refractivity contribution in [1.82, 2.24) is 25.2 Å². The maximum absolute atomic E-state index is 14.2. The molecule has 0 aliphatic carbocycles. The number of pyridine rings is 1. The molecule has 122 valence electrons. The summed E-state index contributed by atoms with van der Waals surface area (Å²) in [5, 5.41) is 10.0. The van der Waals surface area contributed by atoms with E-state index in [2.05, 4.69) is 20.5 Å². The molecule has 0 saturated heterocycles. The van der Waals surface area contributed by atoms with Crippen LogP contribution < -0.4 is 0 Å². The van der Waals surface area contributed by atoms with Gasteiger partial charge in [0.05, 0.1) is 0 Å². The number of ketones is 1. The van der Waals surface area contributed by atoms with Gasteiger partial charge in [0.2, 0.25) is 5.78 Å². The van der Waals surface area contributed by atoms with Crippen molar-refractivity contribution in [3.8, 4) is 11.1 Å². The molecule has 0 saturated carbocycles. The Balaban J connectivity index is 1.80. The van der Waals surface area contributed by atoms with Crippen LogP contribution in [0.15, 0.2) is 48.9 Å². The molecule has 0 spiro atoms. The highest BCUT2D eigenvalue weighted by Crippen LogP contribution is 2.29. The van der Waals surface area contributed by atoms with Gasteiger partial charge in [-0.25, -0.2) is 4.68 Å². The normalized spacial score (nSPS) is 11.5. The molecule has 3 aromatic rings. The summed E-state index contributed by atoms with van der Waals surface area (Å²) in [5.41, 5.74) is 2.06. The Labute approximate surface area is 136 Å². The Morgan fingerprint density at radius 3 is 2.42 bits per heavy atom. The van der Waals surface area contributed by atoms with Crippen molar-refractivity contribution in [2.45, 2.75) is 19.4 Å². The molecule has 24 heavy (non-hydrogen) atoms. The van der Waals surface area contributed by atoms with Crippen LogP contribution >= 0.6 is 0 Å². The Hall–Kier alpha value is -3.03. The van der Waals surface area contributed by atoms with Crippen molar-refractivity contribution in [3.05, 3.63) is 60.2 Å². The molecule has 0 amide bonds. The lowest BCUT2D eigenvalue weighted by molar-refractivity contribution is -0.145. The van der Waals surface area contributed by atoms with E-state index in [1.54, 1.807) is 0 Å². The number of rotatable bonds is 5. The van der Waals surface area contributed by atoms with E-state index >= 15 is 0 Å². The zero-order valence-electron chi connectivity index (χ0n) is 12.7. The summed E-state index contributed by atoms with van der Waals surface area (Å²) in [6, 6.07) is 10.3. The molecule has 0 aliphatic rings. The highest BCUT2D eigenvalue weighted by molar-refractivity contribution is 5.86. The third-order valence-corrected chi connectivity index (χ3v) is 3.52. The largest absolute Gasteiger partial charge is 0.348 e. The average Bonchev–Trinajstić information content (AvgIpc) is 3.08. The van der Waals surface area contributed by atoms with Gasteiger partial charge in [0, 0.05) is 11.8 Å². The molecule has 2 aromatic heterocycles. The fraction of sp³-hybridized carbons (Fsp3) is 0.188. The van der Waals surface area contributed by atoms with Gasteiger partial charge in [0.15, 0.2) is 0 Å². The Kier molecular flexibility index (Phi) is 4.11. The number of halogens is 2. The number of benzene rings is 1. The number of nitrogens with zero attached hydrogens (tertiary/aromatic N) is 5. The van der Waals surface area contributed by atoms with Gasteiger partial charge in [-0.05, 0) is 29.0 Å². The number of hydrogen-bond donors (Lipinski definition) is 0. The smallest absolute Gasteiger partial charge is 0.290 e. The quantitative estimate of drug-likeness (QED) is 0.719. The zero-order valence-corrected chi connectivity index (χ0v) is 12.7. The molecule has 0 unspecified atom stereocenters. The molecule has 2 heterocycles. The molecule has 0 radical (unpaired) electrons. The third-order valence-electron chi connectivity index (χ3n) is 3.52. The van der Waals surface area contributed by atoms with Crippen LogP contribution in [0.25, 0.3) is 11.1 Å². The summed E-state index contributed by atoms with van der Waals surface area (Å²) in [6.07, 6.45) is 2.43.